The molecule has 0 N–H and O–H groups in total. The number of carbonyl (C=O) groups excluding carboxylic acids is 1. The summed E-state index contributed by atoms with van der Waals surface area (Å²) in [5.41, 5.74) is 3.94. The van der Waals surface area contributed by atoms with Gasteiger partial charge < -0.3 is 24.0 Å². The van der Waals surface area contributed by atoms with Gasteiger partial charge in [0.1, 0.15) is 11.5 Å². The quantitative estimate of drug-likeness (QED) is 0.150. The smallest absolute Gasteiger partial charge is 0.340 e. The van der Waals surface area contributed by atoms with E-state index in [4.69, 9.17) is 24.2 Å². The summed E-state index contributed by atoms with van der Waals surface area (Å²) in [5.74, 6) is 1.99. The highest BCUT2D eigenvalue weighted by Crippen LogP contribution is 2.58. The third-order valence-electron chi connectivity index (χ3n) is 8.88. The number of methoxy groups -OCH3 is 1. The van der Waals surface area contributed by atoms with Crippen molar-refractivity contribution in [1.29, 1.82) is 0 Å². The van der Waals surface area contributed by atoms with Crippen LogP contribution in [0, 0.1) is 0 Å². The number of anilines is 2. The lowest BCUT2D eigenvalue weighted by Gasteiger charge is -2.38. The second-order valence-electron chi connectivity index (χ2n) is 11.5. The number of benzene rings is 3. The molecule has 0 radical (unpaired) electrons. The Morgan fingerprint density at radius 3 is 2.20 bits per heavy atom. The first kappa shape index (κ1) is 30.4. The summed E-state index contributed by atoms with van der Waals surface area (Å²) in [4.78, 5) is 28.6. The molecule has 1 aromatic heterocycles. The standard InChI is InChI=1S/C37H42N4O4/c1-6-10-22-41(23-11-7-2)36-38-33(25-16-19-27(43-5)20-17-25)32-34(39-36)44-31-24-26(40(8-3)9-4)18-21-30(31)37(32)29-15-13-12-14-28(29)35(42)45-37/h12-21,24H,6-11,22-23H2,1-5H3. The Bertz CT molecular complexity index is 1680. The fraction of sp³-hybridized carbons (Fsp3) is 0.378. The number of carbonyl (C=O) groups is 1. The maximum Gasteiger partial charge on any atom is 0.340 e. The van der Waals surface area contributed by atoms with Crippen LogP contribution in [0.15, 0.2) is 66.7 Å². The van der Waals surface area contributed by atoms with Crippen LogP contribution in [-0.2, 0) is 10.3 Å². The molecule has 2 aliphatic rings. The van der Waals surface area contributed by atoms with Crippen LogP contribution in [0.5, 0.6) is 17.4 Å². The number of unbranched alkanes of at least 4 members (excludes halogenated alkanes) is 2. The van der Waals surface area contributed by atoms with Crippen LogP contribution in [0.2, 0.25) is 0 Å². The van der Waals surface area contributed by atoms with E-state index in [1.165, 1.54) is 0 Å². The summed E-state index contributed by atoms with van der Waals surface area (Å²) in [5, 5.41) is 0. The maximum absolute atomic E-state index is 13.6. The van der Waals surface area contributed by atoms with E-state index in [-0.39, 0.29) is 5.97 Å². The highest BCUT2D eigenvalue weighted by atomic mass is 16.6. The lowest BCUT2D eigenvalue weighted by molar-refractivity contribution is 0.0222. The number of hydrogen-bond donors (Lipinski definition) is 0. The molecule has 2 aliphatic heterocycles. The average Bonchev–Trinajstić information content (AvgIpc) is 3.37. The van der Waals surface area contributed by atoms with Gasteiger partial charge in [0.05, 0.1) is 23.9 Å². The van der Waals surface area contributed by atoms with Gasteiger partial charge in [-0.2, -0.15) is 4.98 Å². The fourth-order valence-corrected chi connectivity index (χ4v) is 6.44. The highest BCUT2D eigenvalue weighted by molar-refractivity contribution is 5.97. The monoisotopic (exact) mass is 606 g/mol. The highest BCUT2D eigenvalue weighted by Gasteiger charge is 2.56. The molecule has 6 rings (SSSR count). The Hall–Kier alpha value is -4.59. The molecular formula is C37H42N4O4. The molecule has 1 atom stereocenters. The molecule has 0 saturated heterocycles. The topological polar surface area (TPSA) is 77.0 Å². The van der Waals surface area contributed by atoms with Crippen LogP contribution in [0.4, 0.5) is 11.6 Å². The Labute approximate surface area is 266 Å². The van der Waals surface area contributed by atoms with E-state index in [1.54, 1.807) is 7.11 Å². The van der Waals surface area contributed by atoms with Crippen molar-refractivity contribution in [2.24, 2.45) is 0 Å². The predicted molar refractivity (Wildman–Crippen MR) is 178 cm³/mol. The van der Waals surface area contributed by atoms with E-state index >= 15 is 0 Å². The minimum atomic E-state index is -1.29. The Balaban J connectivity index is 1.66. The van der Waals surface area contributed by atoms with Gasteiger partial charge in [0.15, 0.2) is 5.60 Å². The Morgan fingerprint density at radius 2 is 1.53 bits per heavy atom. The predicted octanol–water partition coefficient (Wildman–Crippen LogP) is 7.97. The first-order chi connectivity index (χ1) is 22.0. The van der Waals surface area contributed by atoms with Crippen LogP contribution >= 0.6 is 0 Å². The lowest BCUT2D eigenvalue weighted by Crippen LogP contribution is -2.36. The van der Waals surface area contributed by atoms with E-state index in [2.05, 4.69) is 43.6 Å². The summed E-state index contributed by atoms with van der Waals surface area (Å²) in [6.07, 6.45) is 4.17. The molecule has 0 saturated carbocycles. The second kappa shape index (κ2) is 12.8. The molecule has 0 aliphatic carbocycles. The number of ether oxygens (including phenoxy) is 3. The van der Waals surface area contributed by atoms with Gasteiger partial charge in [-0.15, -0.1) is 0 Å². The van der Waals surface area contributed by atoms with Gasteiger partial charge in [-0.1, -0.05) is 44.9 Å². The molecule has 1 unspecified atom stereocenters. The molecule has 8 nitrogen and oxygen atoms in total. The van der Waals surface area contributed by atoms with Gasteiger partial charge in [-0.25, -0.2) is 9.78 Å². The molecule has 45 heavy (non-hydrogen) atoms. The summed E-state index contributed by atoms with van der Waals surface area (Å²) >= 11 is 0. The van der Waals surface area contributed by atoms with Crippen molar-refractivity contribution >= 4 is 17.6 Å². The minimum absolute atomic E-state index is 0.380. The summed E-state index contributed by atoms with van der Waals surface area (Å²) in [6.45, 7) is 12.0. The Kier molecular flexibility index (Phi) is 8.65. The van der Waals surface area contributed by atoms with Gasteiger partial charge in [0.2, 0.25) is 11.8 Å². The van der Waals surface area contributed by atoms with E-state index in [1.807, 2.05) is 60.7 Å². The molecule has 234 valence electrons. The van der Waals surface area contributed by atoms with Crippen LogP contribution in [0.25, 0.3) is 11.3 Å². The van der Waals surface area contributed by atoms with Gasteiger partial charge in [-0.3, -0.25) is 0 Å². The summed E-state index contributed by atoms with van der Waals surface area (Å²) < 4.78 is 18.8. The van der Waals surface area contributed by atoms with Crippen LogP contribution < -0.4 is 19.3 Å². The first-order valence-electron chi connectivity index (χ1n) is 16.2. The van der Waals surface area contributed by atoms with Crippen LogP contribution in [0.3, 0.4) is 0 Å². The third kappa shape index (κ3) is 5.26. The molecule has 0 bridgehead atoms. The fourth-order valence-electron chi connectivity index (χ4n) is 6.44. The van der Waals surface area contributed by atoms with Gasteiger partial charge in [0.25, 0.3) is 0 Å². The van der Waals surface area contributed by atoms with Gasteiger partial charge in [0, 0.05) is 54.6 Å². The number of hydrogen-bond acceptors (Lipinski definition) is 8. The van der Waals surface area contributed by atoms with Crippen molar-refractivity contribution in [1.82, 2.24) is 9.97 Å². The Morgan fingerprint density at radius 1 is 0.822 bits per heavy atom. The number of esters is 1. The number of aromatic nitrogens is 2. The number of rotatable bonds is 12. The van der Waals surface area contributed by atoms with E-state index in [9.17, 15) is 4.79 Å². The van der Waals surface area contributed by atoms with Crippen molar-refractivity contribution in [2.45, 2.75) is 59.0 Å². The molecular weight excluding hydrogens is 564 g/mol. The molecule has 0 amide bonds. The SMILES string of the molecule is CCCCN(CCCC)c1nc2c(c(-c3ccc(OC)cc3)n1)C1(OC(=O)c3ccccc31)c1ccc(N(CC)CC)cc1O2. The maximum atomic E-state index is 13.6. The summed E-state index contributed by atoms with van der Waals surface area (Å²) in [6, 6.07) is 21.6. The zero-order valence-electron chi connectivity index (χ0n) is 26.9. The molecule has 3 heterocycles. The zero-order valence-corrected chi connectivity index (χ0v) is 26.9. The lowest BCUT2D eigenvalue weighted by atomic mass is 9.77. The van der Waals surface area contributed by atoms with Crippen molar-refractivity contribution in [3.8, 4) is 28.6 Å². The van der Waals surface area contributed by atoms with Crippen LogP contribution in [0.1, 0.15) is 80.4 Å². The van der Waals surface area contributed by atoms with Crippen LogP contribution in [-0.4, -0.2) is 49.2 Å². The summed E-state index contributed by atoms with van der Waals surface area (Å²) in [7, 11) is 1.65. The second-order valence-corrected chi connectivity index (χ2v) is 11.5. The van der Waals surface area contributed by atoms with Crippen molar-refractivity contribution in [3.05, 3.63) is 89.0 Å². The third-order valence-corrected chi connectivity index (χ3v) is 8.88. The normalized spacial score (nSPS) is 16.0. The average molecular weight is 607 g/mol. The number of fused-ring (bicyclic) bond motifs is 6. The molecule has 3 aromatic carbocycles. The van der Waals surface area contributed by atoms with E-state index in [0.717, 1.165) is 80.0 Å². The molecule has 4 aromatic rings. The number of nitrogens with zero attached hydrogens (tertiary/aromatic N) is 4. The zero-order chi connectivity index (χ0) is 31.6. The van der Waals surface area contributed by atoms with E-state index < -0.39 is 5.60 Å². The molecule has 8 heteroatoms. The van der Waals surface area contributed by atoms with E-state index in [0.29, 0.717) is 34.4 Å². The van der Waals surface area contributed by atoms with Crippen molar-refractivity contribution in [3.63, 3.8) is 0 Å². The molecule has 0 fully saturated rings. The minimum Gasteiger partial charge on any atom is -0.497 e. The molecule has 1 spiro atoms. The van der Waals surface area contributed by atoms with Crippen molar-refractivity contribution < 1.29 is 19.0 Å². The van der Waals surface area contributed by atoms with Crippen molar-refractivity contribution in [2.75, 3.05) is 43.1 Å². The first-order valence-corrected chi connectivity index (χ1v) is 16.2. The van der Waals surface area contributed by atoms with Gasteiger partial charge in [-0.05, 0) is 69.2 Å². The van der Waals surface area contributed by atoms with Gasteiger partial charge >= 0.3 is 5.97 Å². The largest absolute Gasteiger partial charge is 0.497 e.